The van der Waals surface area contributed by atoms with E-state index in [2.05, 4.69) is 10.2 Å². The molecule has 14 heavy (non-hydrogen) atoms. The van der Waals surface area contributed by atoms with Gasteiger partial charge in [-0.2, -0.15) is 5.10 Å². The zero-order valence-electron chi connectivity index (χ0n) is 7.53. The number of para-hydroxylation sites is 1. The van der Waals surface area contributed by atoms with Gasteiger partial charge in [0.2, 0.25) is 0 Å². The maximum atomic E-state index is 10.4. The number of hydrogen-bond donors (Lipinski definition) is 2. The van der Waals surface area contributed by atoms with E-state index in [0.717, 1.165) is 16.6 Å². The molecule has 2 rings (SSSR count). The van der Waals surface area contributed by atoms with Crippen LogP contribution in [0.2, 0.25) is 0 Å². The summed E-state index contributed by atoms with van der Waals surface area (Å²) in [5.41, 5.74) is 1.77. The van der Waals surface area contributed by atoms with Crippen LogP contribution in [0.5, 0.6) is 0 Å². The molecule has 1 heterocycles. The van der Waals surface area contributed by atoms with Gasteiger partial charge in [0, 0.05) is 11.8 Å². The van der Waals surface area contributed by atoms with Gasteiger partial charge in [-0.05, 0) is 6.07 Å². The van der Waals surface area contributed by atoms with Gasteiger partial charge in [0.05, 0.1) is 17.6 Å². The summed E-state index contributed by atoms with van der Waals surface area (Å²) in [5.74, 6) is -0.794. The first kappa shape index (κ1) is 8.74. The zero-order chi connectivity index (χ0) is 9.97. The maximum absolute atomic E-state index is 10.4. The molecule has 0 aliphatic carbocycles. The fourth-order valence-corrected chi connectivity index (χ4v) is 1.44. The van der Waals surface area contributed by atoms with Crippen molar-refractivity contribution in [3.05, 3.63) is 30.0 Å². The zero-order valence-corrected chi connectivity index (χ0v) is 7.53. The fraction of sp³-hybridized carbons (Fsp3) is 0.200. The Balaban J connectivity index is 2.29. The van der Waals surface area contributed by atoms with Gasteiger partial charge in [-0.3, -0.25) is 9.89 Å². The predicted molar refractivity (Wildman–Crippen MR) is 52.1 cm³/mol. The molecule has 2 N–H and O–H groups in total. The molecule has 0 aliphatic rings. The molecule has 4 heteroatoms. The molecule has 72 valence electrons. The van der Waals surface area contributed by atoms with E-state index in [1.165, 1.54) is 0 Å². The van der Waals surface area contributed by atoms with E-state index in [4.69, 9.17) is 5.11 Å². The number of benzene rings is 1. The molecular formula is C10H10N2O2. The van der Waals surface area contributed by atoms with Crippen LogP contribution in [0.4, 0.5) is 0 Å². The van der Waals surface area contributed by atoms with Gasteiger partial charge in [0.25, 0.3) is 0 Å². The summed E-state index contributed by atoms with van der Waals surface area (Å²) in [6.45, 7) is 0. The summed E-state index contributed by atoms with van der Waals surface area (Å²) < 4.78 is 0. The van der Waals surface area contributed by atoms with Gasteiger partial charge in [0.1, 0.15) is 0 Å². The Morgan fingerprint density at radius 2 is 2.21 bits per heavy atom. The Morgan fingerprint density at radius 1 is 1.43 bits per heavy atom. The number of fused-ring (bicyclic) bond motifs is 1. The van der Waals surface area contributed by atoms with Crippen molar-refractivity contribution in [1.29, 1.82) is 0 Å². The van der Waals surface area contributed by atoms with Gasteiger partial charge in [-0.25, -0.2) is 0 Å². The number of nitrogens with one attached hydrogen (secondary N) is 1. The van der Waals surface area contributed by atoms with Gasteiger partial charge >= 0.3 is 5.97 Å². The van der Waals surface area contributed by atoms with Crippen LogP contribution in [0.3, 0.4) is 0 Å². The van der Waals surface area contributed by atoms with Crippen LogP contribution in [0.15, 0.2) is 24.3 Å². The monoisotopic (exact) mass is 190 g/mol. The number of rotatable bonds is 3. The summed E-state index contributed by atoms with van der Waals surface area (Å²) in [4.78, 5) is 10.4. The number of hydrogen-bond acceptors (Lipinski definition) is 2. The number of carbonyl (C=O) groups is 1. The Labute approximate surface area is 80.6 Å². The van der Waals surface area contributed by atoms with Gasteiger partial charge in [0.15, 0.2) is 0 Å². The molecule has 0 saturated carbocycles. The topological polar surface area (TPSA) is 66.0 Å². The van der Waals surface area contributed by atoms with Crippen molar-refractivity contribution in [3.63, 3.8) is 0 Å². The summed E-state index contributed by atoms with van der Waals surface area (Å²) in [6.07, 6.45) is 0.591. The first-order valence-corrected chi connectivity index (χ1v) is 4.41. The molecule has 0 saturated heterocycles. The third-order valence-electron chi connectivity index (χ3n) is 2.12. The molecule has 0 bridgehead atoms. The molecule has 0 amide bonds. The summed E-state index contributed by atoms with van der Waals surface area (Å²) >= 11 is 0. The highest BCUT2D eigenvalue weighted by atomic mass is 16.4. The van der Waals surface area contributed by atoms with Crippen molar-refractivity contribution in [2.24, 2.45) is 0 Å². The van der Waals surface area contributed by atoms with Crippen molar-refractivity contribution in [2.45, 2.75) is 12.8 Å². The van der Waals surface area contributed by atoms with Crippen LogP contribution < -0.4 is 0 Å². The molecule has 0 spiro atoms. The first-order valence-electron chi connectivity index (χ1n) is 4.41. The van der Waals surface area contributed by atoms with Crippen LogP contribution in [-0.4, -0.2) is 21.3 Å². The molecule has 0 fully saturated rings. The third-order valence-corrected chi connectivity index (χ3v) is 2.12. The first-order chi connectivity index (χ1) is 6.77. The van der Waals surface area contributed by atoms with Crippen LogP contribution in [-0.2, 0) is 11.2 Å². The number of aromatic amines is 1. The summed E-state index contributed by atoms with van der Waals surface area (Å²) in [6, 6.07) is 7.70. The number of carboxylic acid groups (broad SMARTS) is 1. The second kappa shape index (κ2) is 3.49. The molecule has 0 unspecified atom stereocenters. The molecule has 4 nitrogen and oxygen atoms in total. The van der Waals surface area contributed by atoms with Crippen molar-refractivity contribution in [2.75, 3.05) is 0 Å². The van der Waals surface area contributed by atoms with Gasteiger partial charge in [-0.1, -0.05) is 18.2 Å². The van der Waals surface area contributed by atoms with E-state index in [-0.39, 0.29) is 6.42 Å². The molecule has 0 atom stereocenters. The SMILES string of the molecule is O=C(O)CCc1n[nH]c2ccccc12. The molecule has 0 radical (unpaired) electrons. The number of aryl methyl sites for hydroxylation is 1. The van der Waals surface area contributed by atoms with Crippen LogP contribution in [0.25, 0.3) is 10.9 Å². The number of aromatic nitrogens is 2. The third kappa shape index (κ3) is 1.59. The number of carboxylic acids is 1. The minimum Gasteiger partial charge on any atom is -0.481 e. The summed E-state index contributed by atoms with van der Waals surface area (Å²) in [7, 11) is 0. The Bertz CT molecular complexity index is 462. The fourth-order valence-electron chi connectivity index (χ4n) is 1.44. The van der Waals surface area contributed by atoms with Crippen molar-refractivity contribution < 1.29 is 9.90 Å². The molecule has 0 aliphatic heterocycles. The lowest BCUT2D eigenvalue weighted by Gasteiger charge is -1.93. The second-order valence-electron chi connectivity index (χ2n) is 3.11. The van der Waals surface area contributed by atoms with E-state index in [1.54, 1.807) is 0 Å². The normalized spacial score (nSPS) is 10.6. The lowest BCUT2D eigenvalue weighted by Crippen LogP contribution is -1.97. The van der Waals surface area contributed by atoms with Crippen molar-refractivity contribution in [1.82, 2.24) is 10.2 Å². The molecule has 1 aromatic heterocycles. The number of aliphatic carboxylic acids is 1. The largest absolute Gasteiger partial charge is 0.481 e. The minimum absolute atomic E-state index is 0.120. The van der Waals surface area contributed by atoms with E-state index in [1.807, 2.05) is 24.3 Å². The predicted octanol–water partition coefficient (Wildman–Crippen LogP) is 1.58. The summed E-state index contributed by atoms with van der Waals surface area (Å²) in [5, 5.41) is 16.5. The van der Waals surface area contributed by atoms with Crippen molar-refractivity contribution in [3.8, 4) is 0 Å². The van der Waals surface area contributed by atoms with Crippen LogP contribution in [0.1, 0.15) is 12.1 Å². The average molecular weight is 190 g/mol. The average Bonchev–Trinajstić information content (AvgIpc) is 2.58. The lowest BCUT2D eigenvalue weighted by molar-refractivity contribution is -0.136. The Kier molecular flexibility index (Phi) is 2.18. The second-order valence-corrected chi connectivity index (χ2v) is 3.11. The molecule has 2 aromatic rings. The lowest BCUT2D eigenvalue weighted by atomic mass is 10.1. The highest BCUT2D eigenvalue weighted by Gasteiger charge is 2.06. The minimum atomic E-state index is -0.794. The van der Waals surface area contributed by atoms with E-state index < -0.39 is 5.97 Å². The van der Waals surface area contributed by atoms with E-state index in [9.17, 15) is 4.79 Å². The Hall–Kier alpha value is -1.84. The van der Waals surface area contributed by atoms with E-state index in [0.29, 0.717) is 6.42 Å². The molecule has 1 aromatic carbocycles. The van der Waals surface area contributed by atoms with Gasteiger partial charge in [-0.15, -0.1) is 0 Å². The van der Waals surface area contributed by atoms with Crippen LogP contribution in [0, 0.1) is 0 Å². The standard InChI is InChI=1S/C10H10N2O2/c13-10(14)6-5-9-7-3-1-2-4-8(7)11-12-9/h1-4H,5-6H2,(H,11,12)(H,13,14). The smallest absolute Gasteiger partial charge is 0.303 e. The Morgan fingerprint density at radius 3 is 3.00 bits per heavy atom. The highest BCUT2D eigenvalue weighted by molar-refractivity contribution is 5.81. The van der Waals surface area contributed by atoms with Crippen LogP contribution >= 0.6 is 0 Å². The van der Waals surface area contributed by atoms with E-state index >= 15 is 0 Å². The quantitative estimate of drug-likeness (QED) is 0.772. The highest BCUT2D eigenvalue weighted by Crippen LogP contribution is 2.16. The van der Waals surface area contributed by atoms with Gasteiger partial charge < -0.3 is 5.11 Å². The number of H-pyrrole nitrogens is 1. The molecular weight excluding hydrogens is 180 g/mol. The maximum Gasteiger partial charge on any atom is 0.303 e. The van der Waals surface area contributed by atoms with Crippen molar-refractivity contribution >= 4 is 16.9 Å². The number of nitrogens with zero attached hydrogens (tertiary/aromatic N) is 1.